The number of anilines is 1. The van der Waals surface area contributed by atoms with E-state index in [-0.39, 0.29) is 46.7 Å². The molecule has 1 aliphatic rings. The monoisotopic (exact) mass is 875 g/mol. The van der Waals surface area contributed by atoms with E-state index in [4.69, 9.17) is 24.0 Å². The number of tetrazole rings is 1. The van der Waals surface area contributed by atoms with Crippen molar-refractivity contribution >= 4 is 32.9 Å². The first kappa shape index (κ1) is 45.0. The minimum atomic E-state index is -4.64. The summed E-state index contributed by atoms with van der Waals surface area (Å²) in [5.41, 5.74) is 2.12. The number of aromatic nitrogens is 4. The zero-order valence-electron chi connectivity index (χ0n) is 35.2. The first-order valence-electron chi connectivity index (χ1n) is 19.8. The Morgan fingerprint density at radius 3 is 1.85 bits per heavy atom. The third kappa shape index (κ3) is 11.6. The average Bonchev–Trinajstić information content (AvgIpc) is 3.71. The first-order chi connectivity index (χ1) is 29.2. The molecule has 2 N–H and O–H groups in total. The summed E-state index contributed by atoms with van der Waals surface area (Å²) < 4.78 is 77.7. The highest BCUT2D eigenvalue weighted by atomic mass is 32.2. The molecule has 0 saturated carbocycles. The number of sulfonamides is 1. The van der Waals surface area contributed by atoms with Gasteiger partial charge in [0.05, 0.1) is 38.3 Å². The van der Waals surface area contributed by atoms with E-state index in [0.29, 0.717) is 53.7 Å². The van der Waals surface area contributed by atoms with Crippen LogP contribution in [0.4, 0.5) is 10.5 Å². The second kappa shape index (κ2) is 19.9. The second-order valence-electron chi connectivity index (χ2n) is 15.6. The van der Waals surface area contributed by atoms with Crippen molar-refractivity contribution in [1.82, 2.24) is 29.8 Å². The molecule has 2 heterocycles. The topological polar surface area (TPSA) is 188 Å². The highest BCUT2D eigenvalue weighted by Crippen LogP contribution is 2.42. The van der Waals surface area contributed by atoms with Crippen LogP contribution in [0.15, 0.2) is 94.7 Å². The largest absolute Gasteiger partial charge is 0.497 e. The first-order valence-corrected chi connectivity index (χ1v) is 22.4. The number of rotatable bonds is 17. The van der Waals surface area contributed by atoms with Gasteiger partial charge in [0, 0.05) is 38.4 Å². The molecule has 0 spiro atoms. The average molecular weight is 876 g/mol. The lowest BCUT2D eigenvalue weighted by Gasteiger charge is -2.35. The van der Waals surface area contributed by atoms with Crippen LogP contribution in [-0.2, 0) is 45.5 Å². The molecule has 1 aromatic heterocycles. The Bertz CT molecular complexity index is 2330. The molecule has 0 aliphatic carbocycles. The summed E-state index contributed by atoms with van der Waals surface area (Å²) in [6.45, 7) is 7.00. The van der Waals surface area contributed by atoms with Crippen molar-refractivity contribution in [3.63, 3.8) is 0 Å². The molecule has 61 heavy (non-hydrogen) atoms. The van der Waals surface area contributed by atoms with Crippen LogP contribution in [0, 0.1) is 5.92 Å². The van der Waals surface area contributed by atoms with Crippen molar-refractivity contribution in [2.45, 2.75) is 75.1 Å². The van der Waals surface area contributed by atoms with Crippen molar-refractivity contribution in [1.29, 1.82) is 0 Å². The molecule has 326 valence electrons. The van der Waals surface area contributed by atoms with Crippen molar-refractivity contribution < 1.29 is 40.9 Å². The number of carbonyl (C=O) groups is 1. The molecule has 1 atom stereocenters. The predicted molar refractivity (Wildman–Crippen MR) is 231 cm³/mol. The molecule has 1 fully saturated rings. The summed E-state index contributed by atoms with van der Waals surface area (Å²) in [7, 11) is 0.0437. The number of hydrogen-bond donors (Lipinski definition) is 2. The normalized spacial score (nSPS) is 14.1. The third-order valence-electron chi connectivity index (χ3n) is 10.3. The van der Waals surface area contributed by atoms with E-state index in [0.717, 1.165) is 24.8 Å². The molecule has 0 radical (unpaired) electrons. The minimum absolute atomic E-state index is 0.0214. The zero-order chi connectivity index (χ0) is 43.7. The van der Waals surface area contributed by atoms with Crippen LogP contribution in [0.25, 0.3) is 11.4 Å². The highest BCUT2D eigenvalue weighted by molar-refractivity contribution is 7.90. The number of alkyl carbamates (subject to hydrolysis) is 1. The second-order valence-corrected chi connectivity index (χ2v) is 18.5. The lowest BCUT2D eigenvalue weighted by Crippen LogP contribution is -2.37. The van der Waals surface area contributed by atoms with Gasteiger partial charge in [0.15, 0.2) is 11.1 Å². The van der Waals surface area contributed by atoms with Gasteiger partial charge in [-0.15, -0.1) is 10.2 Å². The maximum atomic E-state index is 15.5. The maximum Gasteiger partial charge on any atom is 0.407 e. The molecular formula is C43H53N7O9S2. The fourth-order valence-corrected chi connectivity index (χ4v) is 9.76. The van der Waals surface area contributed by atoms with Gasteiger partial charge < -0.3 is 33.7 Å². The number of hydrogen-bond acceptors (Lipinski definition) is 12. The number of nitrogens with one attached hydrogen (secondary N) is 1. The van der Waals surface area contributed by atoms with Crippen molar-refractivity contribution in [2.24, 2.45) is 5.92 Å². The van der Waals surface area contributed by atoms with Crippen LogP contribution in [0.3, 0.4) is 0 Å². The molecule has 1 saturated heterocycles. The lowest BCUT2D eigenvalue weighted by molar-refractivity contribution is 0.0524. The van der Waals surface area contributed by atoms with Crippen molar-refractivity contribution in [3.8, 4) is 28.6 Å². The quantitative estimate of drug-likeness (QED) is 0.0963. The van der Waals surface area contributed by atoms with Gasteiger partial charge in [0.1, 0.15) is 27.7 Å². The fraction of sp³-hybridized carbons (Fsp3) is 0.395. The van der Waals surface area contributed by atoms with Crippen LogP contribution in [0.5, 0.6) is 17.2 Å². The van der Waals surface area contributed by atoms with E-state index in [1.165, 1.54) is 15.2 Å². The van der Waals surface area contributed by atoms with Gasteiger partial charge in [-0.1, -0.05) is 36.4 Å². The van der Waals surface area contributed by atoms with Crippen molar-refractivity contribution in [2.75, 3.05) is 45.9 Å². The predicted octanol–water partition coefficient (Wildman–Crippen LogP) is 6.52. The van der Waals surface area contributed by atoms with Crippen LogP contribution in [0.1, 0.15) is 56.7 Å². The smallest absolute Gasteiger partial charge is 0.407 e. The van der Waals surface area contributed by atoms with Crippen LogP contribution >= 0.6 is 0 Å². The van der Waals surface area contributed by atoms with E-state index >= 15 is 8.42 Å². The molecule has 1 aliphatic heterocycles. The molecule has 5 aromatic rings. The standard InChI is InChI=1S/C43H53N7O9S2/c1-43(2,3)59-42(51)44-24-21-30-22-25-48(26-23-30)37-19-20-38(60(52)53)40(39(37)41-45-47-50(46-41)29-33-11-17-36(58-6)18-12-33)61(54,55)49(27-31-7-13-34(56-4)14-8-31)28-32-9-15-35(57-5)16-10-32/h7-20,30H,21-29H2,1-6H3,(H,44,51)(H,52,53). The van der Waals surface area contributed by atoms with Gasteiger partial charge in [0.25, 0.3) is 0 Å². The number of methoxy groups -OCH3 is 3. The molecule has 0 bridgehead atoms. The summed E-state index contributed by atoms with van der Waals surface area (Å²) in [4.78, 5) is 15.0. The Kier molecular flexibility index (Phi) is 14.7. The van der Waals surface area contributed by atoms with Crippen molar-refractivity contribution in [3.05, 3.63) is 102 Å². The number of nitrogens with zero attached hydrogens (tertiary/aromatic N) is 6. The lowest BCUT2D eigenvalue weighted by atomic mass is 9.93. The zero-order valence-corrected chi connectivity index (χ0v) is 36.9. The SMILES string of the molecule is COc1ccc(CN(Cc2ccc(OC)cc2)S(=O)(=O)c2c(S(=O)O)ccc(N3CCC(CCNC(=O)OC(C)(C)C)CC3)c2-c2nnn(Cc3ccc(OC)cc3)n2)cc1. The minimum Gasteiger partial charge on any atom is -0.497 e. The highest BCUT2D eigenvalue weighted by Gasteiger charge is 2.37. The van der Waals surface area contributed by atoms with Gasteiger partial charge in [-0.25, -0.2) is 17.4 Å². The fourth-order valence-electron chi connectivity index (χ4n) is 7.11. The van der Waals surface area contributed by atoms with E-state index in [1.807, 2.05) is 45.0 Å². The van der Waals surface area contributed by atoms with E-state index in [9.17, 15) is 13.6 Å². The van der Waals surface area contributed by atoms with Gasteiger partial charge in [-0.3, -0.25) is 0 Å². The Hall–Kier alpha value is -5.56. The molecule has 18 heteroatoms. The Labute approximate surface area is 359 Å². The summed E-state index contributed by atoms with van der Waals surface area (Å²) in [6, 6.07) is 24.5. The van der Waals surface area contributed by atoms with Gasteiger partial charge in [0.2, 0.25) is 15.8 Å². The van der Waals surface area contributed by atoms with E-state index in [1.54, 1.807) is 75.9 Å². The van der Waals surface area contributed by atoms with Gasteiger partial charge >= 0.3 is 6.09 Å². The Morgan fingerprint density at radius 1 is 0.836 bits per heavy atom. The molecular weight excluding hydrogens is 823 g/mol. The summed E-state index contributed by atoms with van der Waals surface area (Å²) in [5, 5.41) is 16.3. The third-order valence-corrected chi connectivity index (χ3v) is 13.0. The molecule has 1 unspecified atom stereocenters. The van der Waals surface area contributed by atoms with Crippen LogP contribution in [-0.4, -0.2) is 94.3 Å². The molecule has 4 aromatic carbocycles. The molecule has 6 rings (SSSR count). The maximum absolute atomic E-state index is 15.5. The summed E-state index contributed by atoms with van der Waals surface area (Å²) >= 11 is -2.75. The van der Waals surface area contributed by atoms with E-state index in [2.05, 4.69) is 20.5 Å². The summed E-state index contributed by atoms with van der Waals surface area (Å²) in [6.07, 6.45) is 1.74. The number of piperidine rings is 1. The number of ether oxygens (including phenoxy) is 4. The Morgan fingerprint density at radius 2 is 1.36 bits per heavy atom. The molecule has 16 nitrogen and oxygen atoms in total. The van der Waals surface area contributed by atoms with Gasteiger partial charge in [-0.05, 0) is 116 Å². The van der Waals surface area contributed by atoms with E-state index < -0.39 is 32.8 Å². The number of carbonyl (C=O) groups excluding carboxylic acids is 1. The Balaban J connectivity index is 1.41. The van der Waals surface area contributed by atoms with Crippen LogP contribution < -0.4 is 24.4 Å². The number of amides is 1. The number of benzene rings is 4. The van der Waals surface area contributed by atoms with Crippen LogP contribution in [0.2, 0.25) is 0 Å². The summed E-state index contributed by atoms with van der Waals surface area (Å²) in [5.74, 6) is 2.14. The van der Waals surface area contributed by atoms with Gasteiger partial charge in [-0.2, -0.15) is 9.10 Å². The molecule has 1 amide bonds.